The van der Waals surface area contributed by atoms with Crippen LogP contribution in [0, 0.1) is 11.8 Å². The molecule has 0 saturated heterocycles. The van der Waals surface area contributed by atoms with Crippen LogP contribution in [0.15, 0.2) is 66.7 Å². The van der Waals surface area contributed by atoms with E-state index in [1.807, 2.05) is 6.07 Å². The maximum absolute atomic E-state index is 12.7. The molecule has 2 aromatic rings. The molecule has 0 saturated carbocycles. The number of aliphatic hydroxyl groups is 1. The van der Waals surface area contributed by atoms with Gasteiger partial charge in [0.1, 0.15) is 0 Å². The molecular weight excluding hydrogens is 466 g/mol. The van der Waals surface area contributed by atoms with Crippen LogP contribution in [0.25, 0.3) is 0 Å². The summed E-state index contributed by atoms with van der Waals surface area (Å²) in [5.74, 6) is -2.76. The first kappa shape index (κ1) is 26.9. The monoisotopic (exact) mass is 499 g/mol. The van der Waals surface area contributed by atoms with Gasteiger partial charge in [0.2, 0.25) is 0 Å². The summed E-state index contributed by atoms with van der Waals surface area (Å²) < 4.78 is 11.7. The fraction of sp³-hybridized carbons (Fsp3) is 0.429. The quantitative estimate of drug-likeness (QED) is 0.467. The van der Waals surface area contributed by atoms with Crippen LogP contribution in [0.4, 0.5) is 0 Å². The number of rotatable bonds is 10. The number of hydrogen-bond acceptors (Lipinski definition) is 6. The van der Waals surface area contributed by atoms with Gasteiger partial charge >= 0.3 is 11.9 Å². The number of halogens is 1. The van der Waals surface area contributed by atoms with Crippen molar-refractivity contribution in [3.8, 4) is 0 Å². The maximum atomic E-state index is 12.7. The first-order valence-electron chi connectivity index (χ1n) is 12.0. The highest BCUT2D eigenvalue weighted by molar-refractivity contribution is 6.30. The molecular formula is C28H34ClNO5. The van der Waals surface area contributed by atoms with Crippen LogP contribution < -0.4 is 0 Å². The molecule has 1 aliphatic rings. The van der Waals surface area contributed by atoms with Crippen molar-refractivity contribution in [1.29, 1.82) is 0 Å². The number of hydrogen-bond donors (Lipinski definition) is 1. The van der Waals surface area contributed by atoms with E-state index in [1.165, 1.54) is 0 Å². The normalized spacial score (nSPS) is 17.3. The van der Waals surface area contributed by atoms with Crippen molar-refractivity contribution in [3.05, 3.63) is 82.9 Å². The Kier molecular flexibility index (Phi) is 8.75. The molecule has 0 aromatic heterocycles. The number of cyclic esters (lactones) is 2. The van der Waals surface area contributed by atoms with Crippen LogP contribution in [0.5, 0.6) is 0 Å². The summed E-state index contributed by atoms with van der Waals surface area (Å²) in [6, 6.07) is 15.4. The smallest absolute Gasteiger partial charge is 0.334 e. The van der Waals surface area contributed by atoms with Crippen molar-refractivity contribution < 1.29 is 24.2 Å². The molecule has 35 heavy (non-hydrogen) atoms. The molecule has 0 fully saturated rings. The second-order valence-corrected chi connectivity index (χ2v) is 10.2. The number of ether oxygens (including phenoxy) is 2. The summed E-state index contributed by atoms with van der Waals surface area (Å²) in [6.07, 6.45) is 2.11. The average Bonchev–Trinajstić information content (AvgIpc) is 2.95. The standard InChI is InChI=1S/C28H34ClNO5/c1-20(2)18-30(19-21(3)4)17-16-27(34-25(31)14-15-26(32)35-27)28(33,22-8-6-5-7-9-22)23-10-12-24(29)13-11-23/h5-15,20-21,33H,16-19H2,1-4H3. The van der Waals surface area contributed by atoms with E-state index in [0.717, 1.165) is 25.2 Å². The van der Waals surface area contributed by atoms with Gasteiger partial charge < -0.3 is 19.5 Å². The van der Waals surface area contributed by atoms with Crippen molar-refractivity contribution >= 4 is 23.5 Å². The second-order valence-electron chi connectivity index (χ2n) is 9.81. The van der Waals surface area contributed by atoms with Gasteiger partial charge in [0.25, 0.3) is 5.79 Å². The van der Waals surface area contributed by atoms with Crippen LogP contribution >= 0.6 is 11.6 Å². The van der Waals surface area contributed by atoms with Crippen molar-refractivity contribution in [1.82, 2.24) is 4.90 Å². The predicted molar refractivity (Wildman–Crippen MR) is 136 cm³/mol. The summed E-state index contributed by atoms with van der Waals surface area (Å²) in [7, 11) is 0. The SMILES string of the molecule is CC(C)CN(CCC1(C(O)(c2ccccc2)c2ccc(Cl)cc2)OC(=O)C=CC(=O)O1)CC(C)C. The molecule has 0 aliphatic carbocycles. The van der Waals surface area contributed by atoms with Crippen LogP contribution in [0.3, 0.4) is 0 Å². The van der Waals surface area contributed by atoms with E-state index in [2.05, 4.69) is 32.6 Å². The Bertz CT molecular complexity index is 1010. The van der Waals surface area contributed by atoms with Gasteiger partial charge in [-0.05, 0) is 35.1 Å². The van der Waals surface area contributed by atoms with Gasteiger partial charge in [-0.2, -0.15) is 0 Å². The predicted octanol–water partition coefficient (Wildman–Crippen LogP) is 4.93. The summed E-state index contributed by atoms with van der Waals surface area (Å²) >= 11 is 6.13. The molecule has 1 atom stereocenters. The summed E-state index contributed by atoms with van der Waals surface area (Å²) in [5, 5.41) is 13.0. The van der Waals surface area contributed by atoms with Crippen molar-refractivity contribution in [2.75, 3.05) is 19.6 Å². The lowest BCUT2D eigenvalue weighted by Crippen LogP contribution is -2.58. The van der Waals surface area contributed by atoms with E-state index in [0.29, 0.717) is 34.5 Å². The second kappa shape index (κ2) is 11.4. The Morgan fingerprint density at radius 3 is 1.83 bits per heavy atom. The van der Waals surface area contributed by atoms with E-state index in [-0.39, 0.29) is 6.42 Å². The van der Waals surface area contributed by atoms with Crippen molar-refractivity contribution in [2.45, 2.75) is 45.5 Å². The minimum atomic E-state index is -2.02. The van der Waals surface area contributed by atoms with Crippen molar-refractivity contribution in [2.24, 2.45) is 11.8 Å². The minimum Gasteiger partial charge on any atom is -0.415 e. The number of carbonyl (C=O) groups is 2. The molecule has 0 amide bonds. The molecule has 3 rings (SSSR count). The molecule has 7 heteroatoms. The summed E-state index contributed by atoms with van der Waals surface area (Å²) in [5.41, 5.74) is -1.20. The van der Waals surface area contributed by atoms with Crippen LogP contribution in [-0.2, 0) is 24.7 Å². The van der Waals surface area contributed by atoms with Crippen LogP contribution in [0.2, 0.25) is 5.02 Å². The highest BCUT2D eigenvalue weighted by atomic mass is 35.5. The molecule has 0 radical (unpaired) electrons. The van der Waals surface area contributed by atoms with E-state index in [9.17, 15) is 14.7 Å². The third-order valence-corrected chi connectivity index (χ3v) is 6.15. The molecule has 188 valence electrons. The van der Waals surface area contributed by atoms with E-state index >= 15 is 0 Å². The van der Waals surface area contributed by atoms with E-state index < -0.39 is 23.3 Å². The number of nitrogens with zero attached hydrogens (tertiary/aromatic N) is 1. The Labute approximate surface area is 212 Å². The Balaban J connectivity index is 2.17. The Morgan fingerprint density at radius 2 is 1.34 bits per heavy atom. The van der Waals surface area contributed by atoms with Gasteiger partial charge in [0.05, 0.1) is 0 Å². The lowest BCUT2D eigenvalue weighted by Gasteiger charge is -2.45. The topological polar surface area (TPSA) is 76.1 Å². The zero-order valence-electron chi connectivity index (χ0n) is 20.7. The van der Waals surface area contributed by atoms with Crippen molar-refractivity contribution in [3.63, 3.8) is 0 Å². The van der Waals surface area contributed by atoms with Gasteiger partial charge in [0.15, 0.2) is 5.60 Å². The molecule has 1 aliphatic heterocycles. The first-order valence-corrected chi connectivity index (χ1v) is 12.3. The third-order valence-electron chi connectivity index (χ3n) is 5.90. The molecule has 1 heterocycles. The number of esters is 2. The van der Waals surface area contributed by atoms with Crippen LogP contribution in [-0.4, -0.2) is 47.4 Å². The summed E-state index contributed by atoms with van der Waals surface area (Å²) in [4.78, 5) is 27.7. The molecule has 0 bridgehead atoms. The molecule has 2 aromatic carbocycles. The highest BCUT2D eigenvalue weighted by Crippen LogP contribution is 2.46. The van der Waals surface area contributed by atoms with E-state index in [4.69, 9.17) is 21.1 Å². The molecule has 6 nitrogen and oxygen atoms in total. The largest absolute Gasteiger partial charge is 0.415 e. The molecule has 1 unspecified atom stereocenters. The highest BCUT2D eigenvalue weighted by Gasteiger charge is 2.59. The Hall–Kier alpha value is -2.67. The first-order chi connectivity index (χ1) is 16.6. The molecule has 0 spiro atoms. The lowest BCUT2D eigenvalue weighted by molar-refractivity contribution is -0.285. The van der Waals surface area contributed by atoms with Gasteiger partial charge in [-0.1, -0.05) is 81.8 Å². The van der Waals surface area contributed by atoms with Gasteiger partial charge in [-0.15, -0.1) is 0 Å². The van der Waals surface area contributed by atoms with Gasteiger partial charge in [0, 0.05) is 43.2 Å². The number of carbonyl (C=O) groups excluding carboxylic acids is 2. The average molecular weight is 500 g/mol. The fourth-order valence-electron chi connectivity index (χ4n) is 4.55. The maximum Gasteiger partial charge on any atom is 0.334 e. The van der Waals surface area contributed by atoms with Crippen LogP contribution in [0.1, 0.15) is 45.2 Å². The zero-order valence-corrected chi connectivity index (χ0v) is 21.5. The minimum absolute atomic E-state index is 0.0552. The third kappa shape index (κ3) is 6.31. The zero-order chi connectivity index (χ0) is 25.6. The van der Waals surface area contributed by atoms with E-state index in [1.54, 1.807) is 48.5 Å². The molecule has 1 N–H and O–H groups in total. The summed E-state index contributed by atoms with van der Waals surface area (Å²) in [6.45, 7) is 10.6. The number of benzene rings is 2. The van der Waals surface area contributed by atoms with Gasteiger partial charge in [-0.3, -0.25) is 0 Å². The Morgan fingerprint density at radius 1 is 0.857 bits per heavy atom. The van der Waals surface area contributed by atoms with Gasteiger partial charge in [-0.25, -0.2) is 9.59 Å². The lowest BCUT2D eigenvalue weighted by atomic mass is 9.77. The fourth-order valence-corrected chi connectivity index (χ4v) is 4.68.